The summed E-state index contributed by atoms with van der Waals surface area (Å²) in [6, 6.07) is 0. The quantitative estimate of drug-likeness (QED) is 0.382. The summed E-state index contributed by atoms with van der Waals surface area (Å²) in [5.74, 6) is 0.326. The van der Waals surface area contributed by atoms with Gasteiger partial charge in [0.05, 0.1) is 19.6 Å². The van der Waals surface area contributed by atoms with Crippen molar-refractivity contribution >= 4 is 36.5 Å². The van der Waals surface area contributed by atoms with Gasteiger partial charge in [-0.3, -0.25) is 4.79 Å². The average molecular weight is 266 g/mol. The largest absolute Gasteiger partial charge is 0.466 e. The topological polar surface area (TPSA) is 52.6 Å². The monoisotopic (exact) mass is 266 g/mol. The first kappa shape index (κ1) is 15.6. The van der Waals surface area contributed by atoms with Crippen LogP contribution in [-0.2, 0) is 14.3 Å². The first-order valence-corrected chi connectivity index (χ1v) is 6.37. The van der Waals surface area contributed by atoms with Crippen LogP contribution in [0.3, 0.4) is 0 Å². The third-order valence-electron chi connectivity index (χ3n) is 1.84. The smallest absolute Gasteiger partial charge is 0.364 e. The fourth-order valence-corrected chi connectivity index (χ4v) is 1.34. The Morgan fingerprint density at radius 2 is 1.50 bits per heavy atom. The van der Waals surface area contributed by atoms with E-state index in [1.165, 1.54) is 0 Å². The highest BCUT2D eigenvalue weighted by molar-refractivity contribution is 7.96. The molecule has 0 aliphatic rings. The summed E-state index contributed by atoms with van der Waals surface area (Å²) < 4.78 is 9.59. The Labute approximate surface area is 107 Å². The molecular weight excluding hydrogens is 248 g/mol. The van der Waals surface area contributed by atoms with Gasteiger partial charge in [0.2, 0.25) is 0 Å². The third kappa shape index (κ3) is 11.7. The fraction of sp³-hybridized carbons (Fsp3) is 0.800. The highest BCUT2D eigenvalue weighted by atomic mass is 32.1. The molecule has 0 aliphatic carbocycles. The van der Waals surface area contributed by atoms with Crippen LogP contribution in [0.2, 0.25) is 0 Å². The molecule has 16 heavy (non-hydrogen) atoms. The van der Waals surface area contributed by atoms with Crippen molar-refractivity contribution in [3.05, 3.63) is 0 Å². The zero-order valence-corrected chi connectivity index (χ0v) is 11.0. The molecule has 0 radical (unpaired) electrons. The van der Waals surface area contributed by atoms with Gasteiger partial charge in [-0.1, -0.05) is 12.6 Å². The van der Waals surface area contributed by atoms with E-state index in [0.29, 0.717) is 25.4 Å². The lowest BCUT2D eigenvalue weighted by Crippen LogP contribution is -2.06. The molecule has 0 amide bonds. The van der Waals surface area contributed by atoms with Gasteiger partial charge in [0.25, 0.3) is 0 Å². The summed E-state index contributed by atoms with van der Waals surface area (Å²) >= 11 is 7.40. The SMILES string of the molecule is O=C(S)OCCCCCCOC(=O)CCS. The minimum absolute atomic E-state index is 0.195. The molecule has 0 saturated heterocycles. The van der Waals surface area contributed by atoms with Crippen molar-refractivity contribution in [1.29, 1.82) is 0 Å². The van der Waals surface area contributed by atoms with Gasteiger partial charge < -0.3 is 9.47 Å². The summed E-state index contributed by atoms with van der Waals surface area (Å²) in [7, 11) is 0. The van der Waals surface area contributed by atoms with E-state index in [4.69, 9.17) is 4.74 Å². The summed E-state index contributed by atoms with van der Waals surface area (Å²) in [6.07, 6.45) is 3.93. The zero-order valence-electron chi connectivity index (χ0n) is 9.18. The van der Waals surface area contributed by atoms with Crippen LogP contribution in [-0.4, -0.2) is 30.2 Å². The molecule has 0 rings (SSSR count). The number of rotatable bonds is 9. The van der Waals surface area contributed by atoms with Crippen LogP contribution in [0.4, 0.5) is 4.79 Å². The van der Waals surface area contributed by atoms with Gasteiger partial charge in [-0.15, -0.1) is 0 Å². The van der Waals surface area contributed by atoms with Crippen LogP contribution in [0, 0.1) is 0 Å². The maximum atomic E-state index is 10.9. The molecule has 0 heterocycles. The van der Waals surface area contributed by atoms with Crippen molar-refractivity contribution in [2.45, 2.75) is 32.1 Å². The van der Waals surface area contributed by atoms with E-state index in [1.54, 1.807) is 0 Å². The molecule has 0 N–H and O–H groups in total. The number of carbonyl (C=O) groups excluding carboxylic acids is 2. The first-order chi connectivity index (χ1) is 7.66. The molecule has 0 aromatic heterocycles. The van der Waals surface area contributed by atoms with Gasteiger partial charge in [0, 0.05) is 5.75 Å². The second-order valence-corrected chi connectivity index (χ2v) is 4.04. The molecule has 0 aromatic rings. The Balaban J connectivity index is 3.09. The van der Waals surface area contributed by atoms with Crippen LogP contribution in [0.5, 0.6) is 0 Å². The highest BCUT2D eigenvalue weighted by Crippen LogP contribution is 2.02. The molecule has 6 heteroatoms. The van der Waals surface area contributed by atoms with Crippen molar-refractivity contribution in [1.82, 2.24) is 0 Å². The van der Waals surface area contributed by atoms with E-state index in [0.717, 1.165) is 25.7 Å². The first-order valence-electron chi connectivity index (χ1n) is 5.29. The molecule has 94 valence electrons. The number of hydrogen-bond acceptors (Lipinski definition) is 5. The lowest BCUT2D eigenvalue weighted by atomic mass is 10.2. The van der Waals surface area contributed by atoms with Crippen LogP contribution in [0.15, 0.2) is 0 Å². The predicted molar refractivity (Wildman–Crippen MR) is 68.2 cm³/mol. The molecular formula is C10H18O4S2. The van der Waals surface area contributed by atoms with E-state index >= 15 is 0 Å². The van der Waals surface area contributed by atoms with Gasteiger partial charge in [-0.05, 0) is 25.7 Å². The zero-order chi connectivity index (χ0) is 12.2. The molecule has 4 nitrogen and oxygen atoms in total. The maximum Gasteiger partial charge on any atom is 0.364 e. The van der Waals surface area contributed by atoms with Crippen LogP contribution in [0.1, 0.15) is 32.1 Å². The highest BCUT2D eigenvalue weighted by Gasteiger charge is 2.00. The Morgan fingerprint density at radius 1 is 0.938 bits per heavy atom. The minimum atomic E-state index is -0.541. The number of unbranched alkanes of at least 4 members (excludes halogenated alkanes) is 3. The summed E-state index contributed by atoms with van der Waals surface area (Å²) in [4.78, 5) is 21.2. The molecule has 0 fully saturated rings. The van der Waals surface area contributed by atoms with Crippen molar-refractivity contribution in [2.24, 2.45) is 0 Å². The van der Waals surface area contributed by atoms with E-state index in [-0.39, 0.29) is 5.97 Å². The Hall–Kier alpha value is -0.360. The van der Waals surface area contributed by atoms with E-state index in [1.807, 2.05) is 0 Å². The second-order valence-electron chi connectivity index (χ2n) is 3.22. The number of carbonyl (C=O) groups is 2. The second kappa shape index (κ2) is 11.1. The Morgan fingerprint density at radius 3 is 2.00 bits per heavy atom. The normalized spacial score (nSPS) is 9.88. The molecule has 0 aliphatic heterocycles. The number of esters is 1. The van der Waals surface area contributed by atoms with Crippen molar-refractivity contribution in [2.75, 3.05) is 19.0 Å². The molecule has 0 aromatic carbocycles. The standard InChI is InChI=1S/C10H18O4S2/c11-9(5-8-15)13-6-3-1-2-4-7-14-10(12)16/h15H,1-8H2,(H,12,16). The van der Waals surface area contributed by atoms with E-state index < -0.39 is 5.30 Å². The minimum Gasteiger partial charge on any atom is -0.466 e. The predicted octanol–water partition coefficient (Wildman–Crippen LogP) is 2.48. The maximum absolute atomic E-state index is 10.9. The summed E-state index contributed by atoms with van der Waals surface area (Å²) in [6.45, 7) is 0.862. The molecule has 0 spiro atoms. The van der Waals surface area contributed by atoms with Gasteiger partial charge in [-0.25, -0.2) is 4.79 Å². The third-order valence-corrected chi connectivity index (χ3v) is 2.20. The van der Waals surface area contributed by atoms with Gasteiger partial charge in [0.15, 0.2) is 0 Å². The van der Waals surface area contributed by atoms with Gasteiger partial charge in [0.1, 0.15) is 0 Å². The van der Waals surface area contributed by atoms with Gasteiger partial charge in [-0.2, -0.15) is 12.6 Å². The average Bonchev–Trinajstić information content (AvgIpc) is 2.22. The van der Waals surface area contributed by atoms with Crippen molar-refractivity contribution in [3.63, 3.8) is 0 Å². The van der Waals surface area contributed by atoms with Crippen molar-refractivity contribution in [3.8, 4) is 0 Å². The molecule has 0 saturated carbocycles. The lowest BCUT2D eigenvalue weighted by Gasteiger charge is -2.04. The Kier molecular flexibility index (Phi) is 10.9. The van der Waals surface area contributed by atoms with Crippen LogP contribution >= 0.6 is 25.3 Å². The molecule has 0 bridgehead atoms. The number of ether oxygens (including phenoxy) is 2. The fourth-order valence-electron chi connectivity index (χ4n) is 1.07. The lowest BCUT2D eigenvalue weighted by molar-refractivity contribution is -0.143. The Bertz CT molecular complexity index is 209. The number of hydrogen-bond donors (Lipinski definition) is 2. The van der Waals surface area contributed by atoms with Crippen LogP contribution < -0.4 is 0 Å². The summed E-state index contributed by atoms with van der Waals surface area (Å²) in [5, 5.41) is -0.541. The van der Waals surface area contributed by atoms with Crippen LogP contribution in [0.25, 0.3) is 0 Å². The van der Waals surface area contributed by atoms with E-state index in [9.17, 15) is 9.59 Å². The molecule has 0 atom stereocenters. The van der Waals surface area contributed by atoms with Crippen molar-refractivity contribution < 1.29 is 19.1 Å². The summed E-state index contributed by atoms with van der Waals surface area (Å²) in [5.41, 5.74) is 0. The molecule has 0 unspecified atom stereocenters. The van der Waals surface area contributed by atoms with E-state index in [2.05, 4.69) is 30.0 Å². The number of thiol groups is 2. The van der Waals surface area contributed by atoms with Gasteiger partial charge >= 0.3 is 11.3 Å².